The topological polar surface area (TPSA) is 220 Å². The molecule has 0 aromatic heterocycles. The minimum Gasteiger partial charge on any atom is -0.412 e. The fourth-order valence-corrected chi connectivity index (χ4v) is 0. The van der Waals surface area contributed by atoms with Gasteiger partial charge in [0.05, 0.1) is 0 Å². The molecule has 0 spiro atoms. The first-order valence-corrected chi connectivity index (χ1v) is 0. The van der Waals surface area contributed by atoms with Gasteiger partial charge in [-0.15, -0.1) is 12.4 Å². The van der Waals surface area contributed by atoms with Crippen LogP contribution in [0.3, 0.4) is 0 Å². The van der Waals surface area contributed by atoms with Crippen molar-refractivity contribution in [2.24, 2.45) is 0 Å². The van der Waals surface area contributed by atoms with Crippen LogP contribution in [0.4, 0.5) is 0 Å². The Hall–Kier alpha value is 1.20. The zero-order chi connectivity index (χ0) is 0. The molecule has 7 nitrogen and oxygen atoms in total. The second-order valence-corrected chi connectivity index (χ2v) is 0. The molecular formula is H15ClLaO7+3. The Morgan fingerprint density at radius 3 is 0.333 bits per heavy atom. The van der Waals surface area contributed by atoms with E-state index >= 15 is 0 Å². The quantitative estimate of drug-likeness (QED) is 0.408. The van der Waals surface area contributed by atoms with Gasteiger partial charge in [-0.2, -0.15) is 0 Å². The minimum atomic E-state index is 0. The van der Waals surface area contributed by atoms with E-state index in [1.165, 1.54) is 0 Å². The van der Waals surface area contributed by atoms with Crippen LogP contribution in [0.5, 0.6) is 0 Å². The predicted octanol–water partition coefficient (Wildman–Crippen LogP) is -5.35. The first kappa shape index (κ1) is 596. The summed E-state index contributed by atoms with van der Waals surface area (Å²) in [5, 5.41) is 0. The summed E-state index contributed by atoms with van der Waals surface area (Å²) in [6.07, 6.45) is 0. The van der Waals surface area contributed by atoms with E-state index in [1.807, 2.05) is 0 Å². The Balaban J connectivity index is 0. The van der Waals surface area contributed by atoms with Crippen molar-refractivity contribution >= 4 is 12.4 Å². The van der Waals surface area contributed by atoms with E-state index in [-0.39, 0.29) is 86.3 Å². The van der Waals surface area contributed by atoms with Gasteiger partial charge in [0.25, 0.3) is 0 Å². The van der Waals surface area contributed by atoms with E-state index in [0.717, 1.165) is 0 Å². The van der Waals surface area contributed by atoms with E-state index in [4.69, 9.17) is 0 Å². The summed E-state index contributed by atoms with van der Waals surface area (Å²) >= 11 is 0. The van der Waals surface area contributed by atoms with Gasteiger partial charge in [0, 0.05) is 0 Å². The molecule has 0 fully saturated rings. The number of hydrogen-bond acceptors (Lipinski definition) is 0. The van der Waals surface area contributed by atoms with E-state index in [0.29, 0.717) is 0 Å². The van der Waals surface area contributed by atoms with Crippen LogP contribution in [-0.4, -0.2) is 38.3 Å². The van der Waals surface area contributed by atoms with Gasteiger partial charge in [0.1, 0.15) is 0 Å². The third-order valence-electron chi connectivity index (χ3n) is 0. The van der Waals surface area contributed by atoms with Gasteiger partial charge in [0.2, 0.25) is 0 Å². The zero-order valence-electron chi connectivity index (χ0n) is 4.49. The summed E-state index contributed by atoms with van der Waals surface area (Å²) in [5.74, 6) is 0. The summed E-state index contributed by atoms with van der Waals surface area (Å²) in [4.78, 5) is 0. The van der Waals surface area contributed by atoms with E-state index < -0.39 is 0 Å². The van der Waals surface area contributed by atoms with E-state index in [1.54, 1.807) is 0 Å². The van der Waals surface area contributed by atoms with E-state index in [2.05, 4.69) is 0 Å². The van der Waals surface area contributed by atoms with Crippen LogP contribution in [0.15, 0.2) is 0 Å². The Morgan fingerprint density at radius 2 is 0.333 bits per heavy atom. The Labute approximate surface area is 86.0 Å². The van der Waals surface area contributed by atoms with Crippen molar-refractivity contribution in [2.75, 3.05) is 0 Å². The monoisotopic (exact) mass is 301 g/mol. The molecule has 0 saturated carbocycles. The molecule has 0 aliphatic heterocycles. The maximum absolute atomic E-state index is 0. The van der Waals surface area contributed by atoms with Crippen LogP contribution < -0.4 is 0 Å². The molecule has 0 unspecified atom stereocenters. The largest absolute Gasteiger partial charge is 3.00 e. The normalized spacial score (nSPS) is 0. The molecule has 9 heteroatoms. The summed E-state index contributed by atoms with van der Waals surface area (Å²) in [5.41, 5.74) is 0. The first-order valence-electron chi connectivity index (χ1n) is 0. The molecule has 0 saturated heterocycles. The third-order valence-corrected chi connectivity index (χ3v) is 0. The van der Waals surface area contributed by atoms with Crippen LogP contribution in [0.1, 0.15) is 0 Å². The molecular weight excluding hydrogens is 286 g/mol. The zero-order valence-corrected chi connectivity index (χ0v) is 8.93. The maximum atomic E-state index is 0. The third kappa shape index (κ3) is 329. The fourth-order valence-electron chi connectivity index (χ4n) is 0. The van der Waals surface area contributed by atoms with Crippen LogP contribution >= 0.6 is 12.4 Å². The van der Waals surface area contributed by atoms with Crippen molar-refractivity contribution in [1.29, 1.82) is 0 Å². The Bertz CT molecular complexity index is 8.88. The van der Waals surface area contributed by atoms with Crippen molar-refractivity contribution in [1.82, 2.24) is 0 Å². The summed E-state index contributed by atoms with van der Waals surface area (Å²) in [6, 6.07) is 0. The predicted molar refractivity (Wildman–Crippen MR) is 32.5 cm³/mol. The summed E-state index contributed by atoms with van der Waals surface area (Å²) in [7, 11) is 0. The minimum absolute atomic E-state index is 0. The van der Waals surface area contributed by atoms with Crippen molar-refractivity contribution in [2.45, 2.75) is 0 Å². The molecule has 0 radical (unpaired) electrons. The van der Waals surface area contributed by atoms with Crippen LogP contribution in [0.25, 0.3) is 0 Å². The molecule has 9 heavy (non-hydrogen) atoms. The van der Waals surface area contributed by atoms with Gasteiger partial charge in [-0.3, -0.25) is 0 Å². The van der Waals surface area contributed by atoms with Crippen molar-refractivity contribution < 1.29 is 73.9 Å². The molecule has 0 aromatic rings. The number of halogens is 1. The second-order valence-electron chi connectivity index (χ2n) is 0. The molecule has 0 rings (SSSR count). The summed E-state index contributed by atoms with van der Waals surface area (Å²) < 4.78 is 0. The van der Waals surface area contributed by atoms with E-state index in [9.17, 15) is 0 Å². The standard InChI is InChI=1S/ClH.La.7H2O/h1H;;7*1H2/q;+3;;;;;;;. The molecule has 14 N–H and O–H groups in total. The average Bonchev–Trinajstić information content (AvgIpc) is 0. The first-order chi connectivity index (χ1) is 0. The molecule has 0 bridgehead atoms. The summed E-state index contributed by atoms with van der Waals surface area (Å²) in [6.45, 7) is 0. The smallest absolute Gasteiger partial charge is 0.412 e. The van der Waals surface area contributed by atoms with Crippen molar-refractivity contribution in [3.63, 3.8) is 0 Å². The van der Waals surface area contributed by atoms with Crippen LogP contribution in [0, 0.1) is 35.6 Å². The van der Waals surface area contributed by atoms with Crippen LogP contribution in [0.2, 0.25) is 0 Å². The fraction of sp³-hybridized carbons (Fsp3) is 0. The molecule has 0 aliphatic rings. The van der Waals surface area contributed by atoms with Gasteiger partial charge < -0.3 is 38.3 Å². The van der Waals surface area contributed by atoms with Gasteiger partial charge >= 0.3 is 35.6 Å². The molecule has 0 atom stereocenters. The number of hydrogen-bond donors (Lipinski definition) is 0. The molecule has 64 valence electrons. The van der Waals surface area contributed by atoms with Gasteiger partial charge in [-0.1, -0.05) is 0 Å². The Morgan fingerprint density at radius 1 is 0.333 bits per heavy atom. The maximum Gasteiger partial charge on any atom is 3.00 e. The van der Waals surface area contributed by atoms with Crippen LogP contribution in [-0.2, 0) is 0 Å². The second kappa shape index (κ2) is 427. The van der Waals surface area contributed by atoms with Gasteiger partial charge in [-0.25, -0.2) is 0 Å². The average molecular weight is 301 g/mol. The van der Waals surface area contributed by atoms with Crippen molar-refractivity contribution in [3.8, 4) is 0 Å². The molecule has 0 aliphatic carbocycles. The number of rotatable bonds is 0. The SMILES string of the molecule is Cl.O.O.O.O.O.O.O.[La+3]. The van der Waals surface area contributed by atoms with Crippen molar-refractivity contribution in [3.05, 3.63) is 0 Å². The Kier molecular flexibility index (Phi) is 28300. The van der Waals surface area contributed by atoms with Gasteiger partial charge in [-0.05, 0) is 0 Å². The van der Waals surface area contributed by atoms with Gasteiger partial charge in [0.15, 0.2) is 0 Å². The molecule has 0 heterocycles. The molecule has 0 aromatic carbocycles. The molecule has 0 amide bonds.